The van der Waals surface area contributed by atoms with E-state index in [-0.39, 0.29) is 13.2 Å². The highest BCUT2D eigenvalue weighted by Crippen LogP contribution is 2.36. The fraction of sp³-hybridized carbons (Fsp3) is 1.00. The van der Waals surface area contributed by atoms with Crippen molar-refractivity contribution in [2.24, 2.45) is 5.73 Å². The van der Waals surface area contributed by atoms with Gasteiger partial charge in [-0.3, -0.25) is 0 Å². The van der Waals surface area contributed by atoms with Crippen molar-refractivity contribution in [1.82, 2.24) is 0 Å². The predicted molar refractivity (Wildman–Crippen MR) is 40.6 cm³/mol. The van der Waals surface area contributed by atoms with Gasteiger partial charge in [-0.25, -0.2) is 0 Å². The van der Waals surface area contributed by atoms with Crippen LogP contribution >= 0.6 is 7.60 Å². The molecule has 0 fully saturated rings. The lowest BCUT2D eigenvalue weighted by atomic mass is 10.4. The molecule has 0 rings (SSSR count). The quantitative estimate of drug-likeness (QED) is 0.420. The Morgan fingerprint density at radius 3 is 2.67 bits per heavy atom. The SMILES string of the molecule is NCCOP(=O)([O-])CC(O)CO. The molecule has 7 heteroatoms. The van der Waals surface area contributed by atoms with E-state index in [2.05, 4.69) is 4.52 Å². The molecule has 4 N–H and O–H groups in total. The van der Waals surface area contributed by atoms with Gasteiger partial charge in [0.2, 0.25) is 0 Å². The standard InChI is InChI=1S/C5H14NO5P/c6-1-2-11-12(9,10)4-5(8)3-7/h5,7-8H,1-4,6H2,(H,9,10)/p-1. The summed E-state index contributed by atoms with van der Waals surface area (Å²) in [6.07, 6.45) is -1.87. The second kappa shape index (κ2) is 5.64. The van der Waals surface area contributed by atoms with Gasteiger partial charge in [0.05, 0.1) is 19.3 Å². The van der Waals surface area contributed by atoms with Crippen LogP contribution in [0, 0.1) is 0 Å². The van der Waals surface area contributed by atoms with Crippen LogP contribution in [-0.2, 0) is 9.09 Å². The number of nitrogens with two attached hydrogens (primary N) is 1. The zero-order chi connectivity index (χ0) is 9.61. The van der Waals surface area contributed by atoms with Gasteiger partial charge < -0.3 is 29.9 Å². The van der Waals surface area contributed by atoms with Crippen LogP contribution in [0.2, 0.25) is 0 Å². The fourth-order valence-electron chi connectivity index (χ4n) is 0.560. The third-order valence-electron chi connectivity index (χ3n) is 1.05. The van der Waals surface area contributed by atoms with Gasteiger partial charge >= 0.3 is 0 Å². The van der Waals surface area contributed by atoms with Crippen LogP contribution in [0.15, 0.2) is 0 Å². The normalized spacial score (nSPS) is 18.7. The van der Waals surface area contributed by atoms with Gasteiger partial charge in [-0.05, 0) is 0 Å². The van der Waals surface area contributed by atoms with Gasteiger partial charge in [0.25, 0.3) is 0 Å². The fourth-order valence-corrected chi connectivity index (χ4v) is 1.68. The molecule has 0 saturated heterocycles. The van der Waals surface area contributed by atoms with Crippen molar-refractivity contribution in [2.75, 3.05) is 25.9 Å². The van der Waals surface area contributed by atoms with Crippen molar-refractivity contribution < 1.29 is 24.2 Å². The zero-order valence-corrected chi connectivity index (χ0v) is 7.44. The summed E-state index contributed by atoms with van der Waals surface area (Å²) in [5, 5.41) is 17.1. The van der Waals surface area contributed by atoms with Crippen LogP contribution in [-0.4, -0.2) is 42.2 Å². The second-order valence-electron chi connectivity index (χ2n) is 2.25. The molecule has 0 aromatic rings. The van der Waals surface area contributed by atoms with Gasteiger partial charge in [0, 0.05) is 12.7 Å². The number of rotatable bonds is 6. The number of hydrogen-bond donors (Lipinski definition) is 3. The van der Waals surface area contributed by atoms with Gasteiger partial charge in [0.15, 0.2) is 0 Å². The van der Waals surface area contributed by atoms with E-state index in [0.717, 1.165) is 0 Å². The van der Waals surface area contributed by atoms with Gasteiger partial charge in [-0.15, -0.1) is 0 Å². The minimum Gasteiger partial charge on any atom is -0.778 e. The van der Waals surface area contributed by atoms with Crippen molar-refractivity contribution in [1.29, 1.82) is 0 Å². The first-order valence-corrected chi connectivity index (χ1v) is 5.18. The van der Waals surface area contributed by atoms with Gasteiger partial charge in [0.1, 0.15) is 7.60 Å². The Balaban J connectivity index is 3.78. The minimum absolute atomic E-state index is 0.0983. The lowest BCUT2D eigenvalue weighted by molar-refractivity contribution is -0.199. The Hall–Kier alpha value is 0.0300. The van der Waals surface area contributed by atoms with Crippen molar-refractivity contribution in [2.45, 2.75) is 6.10 Å². The highest BCUT2D eigenvalue weighted by molar-refractivity contribution is 7.51. The average Bonchev–Trinajstić information content (AvgIpc) is 2.00. The smallest absolute Gasteiger partial charge is 0.137 e. The van der Waals surface area contributed by atoms with E-state index in [0.29, 0.717) is 0 Å². The number of aliphatic hydroxyl groups is 2. The first-order valence-electron chi connectivity index (χ1n) is 3.45. The highest BCUT2D eigenvalue weighted by atomic mass is 31.2. The molecule has 12 heavy (non-hydrogen) atoms. The second-order valence-corrected chi connectivity index (χ2v) is 4.10. The zero-order valence-electron chi connectivity index (χ0n) is 6.55. The van der Waals surface area contributed by atoms with E-state index in [1.165, 1.54) is 0 Å². The molecule has 0 amide bonds. The lowest BCUT2D eigenvalue weighted by Crippen LogP contribution is -2.23. The van der Waals surface area contributed by atoms with Crippen LogP contribution in [0.1, 0.15) is 0 Å². The maximum absolute atomic E-state index is 10.8. The van der Waals surface area contributed by atoms with Crippen LogP contribution < -0.4 is 10.6 Å². The first kappa shape index (κ1) is 12.0. The van der Waals surface area contributed by atoms with Crippen LogP contribution in [0.5, 0.6) is 0 Å². The summed E-state index contributed by atoms with van der Waals surface area (Å²) in [5.41, 5.74) is 5.00. The molecule has 74 valence electrons. The topological polar surface area (TPSA) is 116 Å². The maximum atomic E-state index is 10.8. The predicted octanol–water partition coefficient (Wildman–Crippen LogP) is -2.13. The van der Waals surface area contributed by atoms with Crippen LogP contribution in [0.3, 0.4) is 0 Å². The van der Waals surface area contributed by atoms with E-state index >= 15 is 0 Å². The molecule has 0 aliphatic heterocycles. The molecule has 0 bridgehead atoms. The van der Waals surface area contributed by atoms with E-state index < -0.39 is 26.5 Å². The van der Waals surface area contributed by atoms with E-state index in [1.807, 2.05) is 0 Å². The molecule has 0 aromatic heterocycles. The summed E-state index contributed by atoms with van der Waals surface area (Å²) in [6.45, 7) is -0.599. The summed E-state index contributed by atoms with van der Waals surface area (Å²) >= 11 is 0. The molecule has 6 nitrogen and oxygen atoms in total. The van der Waals surface area contributed by atoms with Crippen molar-refractivity contribution >= 4 is 7.60 Å². The summed E-state index contributed by atoms with van der Waals surface area (Å²) < 4.78 is 15.2. The van der Waals surface area contributed by atoms with Crippen molar-refractivity contribution in [3.8, 4) is 0 Å². The molecule has 2 atom stereocenters. The molecule has 0 aromatic carbocycles. The van der Waals surface area contributed by atoms with Crippen molar-refractivity contribution in [3.63, 3.8) is 0 Å². The first-order chi connectivity index (χ1) is 5.52. The molecule has 0 spiro atoms. The molecular weight excluding hydrogens is 185 g/mol. The van der Waals surface area contributed by atoms with Gasteiger partial charge in [-0.2, -0.15) is 0 Å². The molecule has 0 aliphatic carbocycles. The Kier molecular flexibility index (Phi) is 5.65. The Bertz CT molecular complexity index is 164. The molecule has 0 radical (unpaired) electrons. The Morgan fingerprint density at radius 1 is 1.67 bits per heavy atom. The molecule has 0 heterocycles. The summed E-state index contributed by atoms with van der Waals surface area (Å²) in [5.74, 6) is 0. The molecule has 2 unspecified atom stereocenters. The molecular formula is C5H13NO5P-. The highest BCUT2D eigenvalue weighted by Gasteiger charge is 2.13. The Labute approximate surface area is 70.5 Å². The largest absolute Gasteiger partial charge is 0.778 e. The third-order valence-corrected chi connectivity index (χ3v) is 2.50. The molecule has 0 saturated carbocycles. The summed E-state index contributed by atoms with van der Waals surface area (Å²) in [4.78, 5) is 10.8. The van der Waals surface area contributed by atoms with Crippen LogP contribution in [0.4, 0.5) is 0 Å². The average molecular weight is 198 g/mol. The van der Waals surface area contributed by atoms with Crippen molar-refractivity contribution in [3.05, 3.63) is 0 Å². The Morgan fingerprint density at radius 2 is 2.25 bits per heavy atom. The van der Waals surface area contributed by atoms with Gasteiger partial charge in [-0.1, -0.05) is 0 Å². The number of aliphatic hydroxyl groups excluding tert-OH is 2. The van der Waals surface area contributed by atoms with E-state index in [1.54, 1.807) is 0 Å². The summed E-state index contributed by atoms with van der Waals surface area (Å²) in [6, 6.07) is 0. The summed E-state index contributed by atoms with van der Waals surface area (Å²) in [7, 11) is -4.02. The van der Waals surface area contributed by atoms with Crippen LogP contribution in [0.25, 0.3) is 0 Å². The number of hydrogen-bond acceptors (Lipinski definition) is 6. The van der Waals surface area contributed by atoms with E-state index in [9.17, 15) is 9.46 Å². The third kappa shape index (κ3) is 5.65. The minimum atomic E-state index is -4.02. The molecule has 0 aliphatic rings. The van der Waals surface area contributed by atoms with E-state index in [4.69, 9.17) is 15.9 Å². The maximum Gasteiger partial charge on any atom is 0.137 e. The monoisotopic (exact) mass is 198 g/mol. The lowest BCUT2D eigenvalue weighted by Gasteiger charge is -2.24.